The van der Waals surface area contributed by atoms with Crippen molar-refractivity contribution >= 4 is 5.97 Å². The quantitative estimate of drug-likeness (QED) is 0.562. The highest BCUT2D eigenvalue weighted by molar-refractivity contribution is 5.86. The predicted molar refractivity (Wildman–Crippen MR) is 61.2 cm³/mol. The Kier molecular flexibility index (Phi) is 4.22. The van der Waals surface area contributed by atoms with Gasteiger partial charge in [-0.2, -0.15) is 0 Å². The van der Waals surface area contributed by atoms with Gasteiger partial charge in [-0.3, -0.25) is 9.78 Å². The Morgan fingerprint density at radius 1 is 1.41 bits per heavy atom. The molecular weight excluding hydrogens is 226 g/mol. The van der Waals surface area contributed by atoms with E-state index in [0.29, 0.717) is 0 Å². The van der Waals surface area contributed by atoms with Gasteiger partial charge >= 0.3 is 11.7 Å². The molecule has 1 heterocycles. The van der Waals surface area contributed by atoms with E-state index in [1.807, 2.05) is 18.8 Å². The molecule has 0 aliphatic heterocycles. The molecule has 7 heteroatoms. The lowest BCUT2D eigenvalue weighted by atomic mass is 10.2. The van der Waals surface area contributed by atoms with E-state index in [4.69, 9.17) is 5.11 Å². The van der Waals surface area contributed by atoms with Gasteiger partial charge in [0.25, 0.3) is 5.56 Å². The van der Waals surface area contributed by atoms with Crippen molar-refractivity contribution in [3.63, 3.8) is 0 Å². The van der Waals surface area contributed by atoms with Crippen LogP contribution in [0.5, 0.6) is 0 Å². The average molecular weight is 241 g/mol. The van der Waals surface area contributed by atoms with Crippen LogP contribution < -0.4 is 16.6 Å². The predicted octanol–water partition coefficient (Wildman–Crippen LogP) is -0.350. The summed E-state index contributed by atoms with van der Waals surface area (Å²) in [6.45, 7) is 3.98. The van der Waals surface area contributed by atoms with Gasteiger partial charge in [0.1, 0.15) is 5.69 Å². The van der Waals surface area contributed by atoms with Crippen molar-refractivity contribution in [2.24, 2.45) is 0 Å². The Hall–Kier alpha value is -1.89. The van der Waals surface area contributed by atoms with E-state index >= 15 is 0 Å². The van der Waals surface area contributed by atoms with Crippen LogP contribution in [0.2, 0.25) is 0 Å². The van der Waals surface area contributed by atoms with E-state index in [2.05, 4.69) is 10.3 Å². The number of carboxylic acid groups (broad SMARTS) is 1. The van der Waals surface area contributed by atoms with Gasteiger partial charge in [-0.25, -0.2) is 9.59 Å². The van der Waals surface area contributed by atoms with Crippen molar-refractivity contribution < 1.29 is 9.90 Å². The maximum Gasteiger partial charge on any atom is 0.352 e. The number of carbonyl (C=O) groups is 1. The molecule has 17 heavy (non-hydrogen) atoms. The smallest absolute Gasteiger partial charge is 0.352 e. The number of aromatic carboxylic acids is 1. The van der Waals surface area contributed by atoms with Crippen LogP contribution in [0.25, 0.3) is 0 Å². The molecule has 0 unspecified atom stereocenters. The monoisotopic (exact) mass is 241 g/mol. The molecule has 0 saturated heterocycles. The van der Waals surface area contributed by atoms with Crippen molar-refractivity contribution in [3.05, 3.63) is 32.1 Å². The zero-order valence-corrected chi connectivity index (χ0v) is 9.66. The Morgan fingerprint density at radius 3 is 2.59 bits per heavy atom. The summed E-state index contributed by atoms with van der Waals surface area (Å²) in [5, 5.41) is 11.9. The number of aromatic nitrogens is 2. The van der Waals surface area contributed by atoms with Gasteiger partial charge < -0.3 is 15.4 Å². The maximum atomic E-state index is 11.5. The number of H-pyrrole nitrogens is 2. The van der Waals surface area contributed by atoms with Crippen LogP contribution >= 0.6 is 0 Å². The minimum absolute atomic E-state index is 0.0254. The van der Waals surface area contributed by atoms with Crippen LogP contribution in [-0.2, 0) is 6.54 Å². The first kappa shape index (κ1) is 13.2. The van der Waals surface area contributed by atoms with Gasteiger partial charge in [-0.15, -0.1) is 0 Å². The summed E-state index contributed by atoms with van der Waals surface area (Å²) in [7, 11) is 0. The highest BCUT2D eigenvalue weighted by atomic mass is 16.4. The van der Waals surface area contributed by atoms with E-state index < -0.39 is 17.2 Å². The zero-order chi connectivity index (χ0) is 13.0. The van der Waals surface area contributed by atoms with Crippen molar-refractivity contribution in [2.75, 3.05) is 0 Å². The lowest BCUT2D eigenvalue weighted by Gasteiger charge is -2.11. The van der Waals surface area contributed by atoms with E-state index in [9.17, 15) is 14.4 Å². The summed E-state index contributed by atoms with van der Waals surface area (Å²) in [6.07, 6.45) is 0.851. The molecule has 0 bridgehead atoms. The van der Waals surface area contributed by atoms with E-state index in [0.717, 1.165) is 6.42 Å². The molecule has 0 aromatic carbocycles. The topological polar surface area (TPSA) is 115 Å². The van der Waals surface area contributed by atoms with Crippen molar-refractivity contribution in [1.29, 1.82) is 0 Å². The first-order valence-corrected chi connectivity index (χ1v) is 5.27. The first-order valence-electron chi connectivity index (χ1n) is 5.27. The van der Waals surface area contributed by atoms with Crippen LogP contribution in [0.15, 0.2) is 9.59 Å². The van der Waals surface area contributed by atoms with Gasteiger partial charge in [0.05, 0.1) is 5.56 Å². The Balaban J connectivity index is 3.09. The fraction of sp³-hybridized carbons (Fsp3) is 0.500. The van der Waals surface area contributed by atoms with Crippen molar-refractivity contribution in [2.45, 2.75) is 32.9 Å². The molecule has 1 aromatic heterocycles. The standard InChI is InChI=1S/C10H15N3O4/c1-3-5(2)11-4-6-7(9(15)16)12-10(17)13-8(6)14/h5,11H,3-4H2,1-2H3,(H,15,16)(H2,12,13,14,17)/t5-/m0/s1. The zero-order valence-electron chi connectivity index (χ0n) is 9.66. The minimum Gasteiger partial charge on any atom is -0.477 e. The van der Waals surface area contributed by atoms with Crippen LogP contribution in [0, 0.1) is 0 Å². The molecule has 1 rings (SSSR count). The molecule has 0 saturated carbocycles. The van der Waals surface area contributed by atoms with E-state index in [1.54, 1.807) is 0 Å². The summed E-state index contributed by atoms with van der Waals surface area (Å²) in [4.78, 5) is 37.5. The molecule has 4 N–H and O–H groups in total. The van der Waals surface area contributed by atoms with Crippen LogP contribution in [0.1, 0.15) is 36.3 Å². The summed E-state index contributed by atoms with van der Waals surface area (Å²) in [6, 6.07) is 0.156. The summed E-state index contributed by atoms with van der Waals surface area (Å²) in [5.74, 6) is -1.32. The van der Waals surface area contributed by atoms with E-state index in [1.165, 1.54) is 0 Å². The second-order valence-corrected chi connectivity index (χ2v) is 3.76. The molecule has 7 nitrogen and oxygen atoms in total. The second kappa shape index (κ2) is 5.44. The lowest BCUT2D eigenvalue weighted by Crippen LogP contribution is -2.34. The van der Waals surface area contributed by atoms with Gasteiger partial charge in [0.15, 0.2) is 0 Å². The SMILES string of the molecule is CC[C@H](C)NCc1c(C(=O)O)[nH]c(=O)[nH]c1=O. The third kappa shape index (κ3) is 3.28. The van der Waals surface area contributed by atoms with Crippen molar-refractivity contribution in [1.82, 2.24) is 15.3 Å². The molecule has 1 aromatic rings. The normalized spacial score (nSPS) is 12.4. The number of nitrogens with one attached hydrogen (secondary N) is 3. The molecule has 0 spiro atoms. The Bertz CT molecular complexity index is 517. The molecule has 0 aliphatic rings. The lowest BCUT2D eigenvalue weighted by molar-refractivity contribution is 0.0688. The average Bonchev–Trinajstić information content (AvgIpc) is 2.26. The maximum absolute atomic E-state index is 11.5. The largest absolute Gasteiger partial charge is 0.477 e. The van der Waals surface area contributed by atoms with Gasteiger partial charge in [-0.05, 0) is 13.3 Å². The molecule has 0 amide bonds. The molecule has 94 valence electrons. The molecule has 0 fully saturated rings. The third-order valence-corrected chi connectivity index (χ3v) is 2.49. The fourth-order valence-corrected chi connectivity index (χ4v) is 1.28. The highest BCUT2D eigenvalue weighted by Crippen LogP contribution is 1.99. The highest BCUT2D eigenvalue weighted by Gasteiger charge is 2.15. The molecule has 0 aliphatic carbocycles. The summed E-state index contributed by atoms with van der Waals surface area (Å²) >= 11 is 0. The number of rotatable bonds is 5. The molecule has 0 radical (unpaired) electrons. The molecule has 1 atom stereocenters. The van der Waals surface area contributed by atoms with Crippen LogP contribution in [-0.4, -0.2) is 27.1 Å². The number of hydrogen-bond donors (Lipinski definition) is 4. The Labute approximate surface area is 96.9 Å². The van der Waals surface area contributed by atoms with Gasteiger partial charge in [-0.1, -0.05) is 6.92 Å². The van der Waals surface area contributed by atoms with Gasteiger partial charge in [0, 0.05) is 12.6 Å². The minimum atomic E-state index is -1.32. The number of aromatic amines is 2. The van der Waals surface area contributed by atoms with Crippen molar-refractivity contribution in [3.8, 4) is 0 Å². The molecular formula is C10H15N3O4. The van der Waals surface area contributed by atoms with Crippen LogP contribution in [0.3, 0.4) is 0 Å². The number of carboxylic acids is 1. The number of hydrogen-bond acceptors (Lipinski definition) is 4. The Morgan fingerprint density at radius 2 is 2.06 bits per heavy atom. The van der Waals surface area contributed by atoms with Gasteiger partial charge in [0.2, 0.25) is 0 Å². The van der Waals surface area contributed by atoms with E-state index in [-0.39, 0.29) is 23.8 Å². The van der Waals surface area contributed by atoms with Crippen LogP contribution in [0.4, 0.5) is 0 Å². The third-order valence-electron chi connectivity index (χ3n) is 2.49. The summed E-state index contributed by atoms with van der Waals surface area (Å²) in [5.41, 5.74) is -1.84. The fourth-order valence-electron chi connectivity index (χ4n) is 1.28. The second-order valence-electron chi connectivity index (χ2n) is 3.76. The first-order chi connectivity index (χ1) is 7.95. The summed E-state index contributed by atoms with van der Waals surface area (Å²) < 4.78 is 0.